The lowest BCUT2D eigenvalue weighted by atomic mass is 10.1. The zero-order valence-electron chi connectivity index (χ0n) is 10.9. The van der Waals surface area contributed by atoms with E-state index in [0.717, 1.165) is 18.5 Å². The molecule has 0 unspecified atom stereocenters. The van der Waals surface area contributed by atoms with Gasteiger partial charge in [0.2, 0.25) is 0 Å². The highest BCUT2D eigenvalue weighted by Crippen LogP contribution is 2.20. The van der Waals surface area contributed by atoms with Crippen LogP contribution in [0.25, 0.3) is 0 Å². The number of hydroxylamine groups is 1. The van der Waals surface area contributed by atoms with Gasteiger partial charge in [-0.05, 0) is 32.3 Å². The molecule has 1 aromatic heterocycles. The van der Waals surface area contributed by atoms with E-state index in [1.165, 1.54) is 12.8 Å². The molecule has 1 saturated carbocycles. The van der Waals surface area contributed by atoms with Gasteiger partial charge < -0.3 is 0 Å². The summed E-state index contributed by atoms with van der Waals surface area (Å²) in [6.07, 6.45) is 5.24. The molecule has 1 aliphatic carbocycles. The highest BCUT2D eigenvalue weighted by atomic mass is 16.7. The van der Waals surface area contributed by atoms with Crippen molar-refractivity contribution in [3.63, 3.8) is 0 Å². The monoisotopic (exact) mass is 249 g/mol. The van der Waals surface area contributed by atoms with Crippen molar-refractivity contribution in [2.45, 2.75) is 52.1 Å². The minimum atomic E-state index is -0.225. The van der Waals surface area contributed by atoms with E-state index in [1.807, 2.05) is 13.8 Å². The highest BCUT2D eigenvalue weighted by molar-refractivity contribution is 5.94. The van der Waals surface area contributed by atoms with Gasteiger partial charge >= 0.3 is 0 Å². The molecule has 0 radical (unpaired) electrons. The fraction of sp³-hybridized carbons (Fsp3) is 0.615. The maximum absolute atomic E-state index is 12.0. The summed E-state index contributed by atoms with van der Waals surface area (Å²) in [7, 11) is 0. The number of carbonyl (C=O) groups excluding carboxylic acids is 1. The Labute approximate surface area is 107 Å². The molecular formula is C13H19N3O2. The molecule has 0 saturated heterocycles. The van der Waals surface area contributed by atoms with Gasteiger partial charge in [-0.2, -0.15) is 10.2 Å². The fourth-order valence-corrected chi connectivity index (χ4v) is 2.17. The number of aromatic nitrogens is 2. The van der Waals surface area contributed by atoms with Crippen molar-refractivity contribution in [2.75, 3.05) is 0 Å². The van der Waals surface area contributed by atoms with Gasteiger partial charge in [0.1, 0.15) is 0 Å². The van der Waals surface area contributed by atoms with E-state index in [-0.39, 0.29) is 12.0 Å². The maximum atomic E-state index is 12.0. The van der Waals surface area contributed by atoms with Crippen LogP contribution in [0.5, 0.6) is 0 Å². The molecular weight excluding hydrogens is 230 g/mol. The van der Waals surface area contributed by atoms with Gasteiger partial charge in [0.05, 0.1) is 23.1 Å². The molecule has 5 nitrogen and oxygen atoms in total. The van der Waals surface area contributed by atoms with E-state index in [0.29, 0.717) is 17.7 Å². The first-order valence-corrected chi connectivity index (χ1v) is 6.50. The third kappa shape index (κ3) is 3.04. The average Bonchev–Trinajstić information content (AvgIpc) is 2.89. The molecule has 0 aliphatic heterocycles. The van der Waals surface area contributed by atoms with Gasteiger partial charge in [0.15, 0.2) is 0 Å². The second kappa shape index (κ2) is 5.91. The van der Waals surface area contributed by atoms with Crippen LogP contribution in [0.3, 0.4) is 0 Å². The topological polar surface area (TPSA) is 64.1 Å². The number of aryl methyl sites for hydroxylation is 2. The van der Waals surface area contributed by atoms with E-state index in [9.17, 15) is 4.79 Å². The first-order valence-electron chi connectivity index (χ1n) is 6.50. The van der Waals surface area contributed by atoms with Crippen LogP contribution >= 0.6 is 0 Å². The molecule has 1 amide bonds. The van der Waals surface area contributed by atoms with Gasteiger partial charge in [-0.15, -0.1) is 0 Å². The maximum Gasteiger partial charge on any atom is 0.276 e. The second-order valence-electron chi connectivity index (χ2n) is 4.66. The van der Waals surface area contributed by atoms with Crippen LogP contribution in [0.1, 0.15) is 54.4 Å². The molecule has 1 aliphatic rings. The van der Waals surface area contributed by atoms with Crippen molar-refractivity contribution in [1.29, 1.82) is 0 Å². The zero-order chi connectivity index (χ0) is 13.0. The van der Waals surface area contributed by atoms with E-state index < -0.39 is 0 Å². The van der Waals surface area contributed by atoms with Crippen molar-refractivity contribution in [3.05, 3.63) is 23.0 Å². The third-order valence-corrected chi connectivity index (χ3v) is 3.19. The molecule has 98 valence electrons. The SMILES string of the molecule is CCc1nnc(C)cc1C(=O)NOC1CCCC1. The molecule has 1 fully saturated rings. The Hall–Kier alpha value is -1.49. The summed E-state index contributed by atoms with van der Waals surface area (Å²) in [5.74, 6) is -0.225. The van der Waals surface area contributed by atoms with E-state index in [4.69, 9.17) is 4.84 Å². The highest BCUT2D eigenvalue weighted by Gasteiger charge is 2.18. The molecule has 2 rings (SSSR count). The van der Waals surface area contributed by atoms with Crippen LogP contribution in [0.15, 0.2) is 6.07 Å². The Morgan fingerprint density at radius 2 is 2.17 bits per heavy atom. The smallest absolute Gasteiger partial charge is 0.270 e. The third-order valence-electron chi connectivity index (χ3n) is 3.19. The molecule has 0 spiro atoms. The lowest BCUT2D eigenvalue weighted by molar-refractivity contribution is -0.0125. The van der Waals surface area contributed by atoms with Crippen molar-refractivity contribution in [2.24, 2.45) is 0 Å². The minimum absolute atomic E-state index is 0.162. The molecule has 18 heavy (non-hydrogen) atoms. The average molecular weight is 249 g/mol. The molecule has 1 N–H and O–H groups in total. The lowest BCUT2D eigenvalue weighted by Crippen LogP contribution is -2.29. The van der Waals surface area contributed by atoms with E-state index in [1.54, 1.807) is 6.07 Å². The largest absolute Gasteiger partial charge is 0.276 e. The van der Waals surface area contributed by atoms with E-state index in [2.05, 4.69) is 15.7 Å². The summed E-state index contributed by atoms with van der Waals surface area (Å²) < 4.78 is 0. The minimum Gasteiger partial charge on any atom is -0.270 e. The van der Waals surface area contributed by atoms with Gasteiger partial charge in [-0.25, -0.2) is 5.48 Å². The first-order chi connectivity index (χ1) is 8.70. The van der Waals surface area contributed by atoms with Crippen LogP contribution in [-0.2, 0) is 11.3 Å². The van der Waals surface area contributed by atoms with Gasteiger partial charge in [0, 0.05) is 0 Å². The summed E-state index contributed by atoms with van der Waals surface area (Å²) in [6.45, 7) is 3.77. The molecule has 0 atom stereocenters. The Balaban J connectivity index is 2.00. The molecule has 0 aromatic carbocycles. The summed E-state index contributed by atoms with van der Waals surface area (Å²) in [4.78, 5) is 17.4. The number of hydrogen-bond donors (Lipinski definition) is 1. The summed E-state index contributed by atoms with van der Waals surface area (Å²) >= 11 is 0. The van der Waals surface area contributed by atoms with Crippen molar-refractivity contribution in [3.8, 4) is 0 Å². The van der Waals surface area contributed by atoms with Crippen LogP contribution in [0.4, 0.5) is 0 Å². The van der Waals surface area contributed by atoms with Gasteiger partial charge in [-0.1, -0.05) is 19.8 Å². The van der Waals surface area contributed by atoms with Crippen molar-refractivity contribution >= 4 is 5.91 Å². The summed E-state index contributed by atoms with van der Waals surface area (Å²) in [6, 6.07) is 1.75. The Morgan fingerprint density at radius 3 is 2.83 bits per heavy atom. The van der Waals surface area contributed by atoms with Crippen LogP contribution < -0.4 is 5.48 Å². The number of carbonyl (C=O) groups is 1. The summed E-state index contributed by atoms with van der Waals surface area (Å²) in [5, 5.41) is 7.99. The fourth-order valence-electron chi connectivity index (χ4n) is 2.17. The number of nitrogens with zero attached hydrogens (tertiary/aromatic N) is 2. The van der Waals surface area contributed by atoms with E-state index >= 15 is 0 Å². The second-order valence-corrected chi connectivity index (χ2v) is 4.66. The number of amides is 1. The number of rotatable bonds is 4. The summed E-state index contributed by atoms with van der Waals surface area (Å²) in [5.41, 5.74) is 4.53. The zero-order valence-corrected chi connectivity index (χ0v) is 10.9. The molecule has 1 aromatic rings. The van der Waals surface area contributed by atoms with Crippen molar-refractivity contribution < 1.29 is 9.63 Å². The van der Waals surface area contributed by atoms with Crippen molar-refractivity contribution in [1.82, 2.24) is 15.7 Å². The molecule has 1 heterocycles. The van der Waals surface area contributed by atoms with Crippen LogP contribution in [0, 0.1) is 6.92 Å². The number of nitrogens with one attached hydrogen (secondary N) is 1. The lowest BCUT2D eigenvalue weighted by Gasteiger charge is -2.12. The predicted octanol–water partition coefficient (Wildman–Crippen LogP) is 1.95. The first kappa shape index (κ1) is 13.0. The normalized spacial score (nSPS) is 15.9. The Kier molecular flexibility index (Phi) is 4.25. The standard InChI is InChI=1S/C13H19N3O2/c1-3-12-11(8-9(2)14-15-12)13(17)16-18-10-6-4-5-7-10/h8,10H,3-7H2,1-2H3,(H,16,17). The van der Waals surface area contributed by atoms with Gasteiger partial charge in [-0.3, -0.25) is 9.63 Å². The van der Waals surface area contributed by atoms with Crippen LogP contribution in [0.2, 0.25) is 0 Å². The van der Waals surface area contributed by atoms with Gasteiger partial charge in [0.25, 0.3) is 5.91 Å². The Morgan fingerprint density at radius 1 is 1.44 bits per heavy atom. The quantitative estimate of drug-likeness (QED) is 0.828. The molecule has 0 bridgehead atoms. The predicted molar refractivity (Wildman–Crippen MR) is 67.0 cm³/mol. The number of hydrogen-bond acceptors (Lipinski definition) is 4. The Bertz CT molecular complexity index is 428. The molecule has 5 heteroatoms. The van der Waals surface area contributed by atoms with Crippen LogP contribution in [-0.4, -0.2) is 22.2 Å².